The van der Waals surface area contributed by atoms with E-state index in [-0.39, 0.29) is 10.6 Å². The highest BCUT2D eigenvalue weighted by molar-refractivity contribution is 7.80. The van der Waals surface area contributed by atoms with Crippen molar-refractivity contribution in [3.05, 3.63) is 28.3 Å². The molecule has 78 valence electrons. The van der Waals surface area contributed by atoms with Gasteiger partial charge in [0.2, 0.25) is 0 Å². The molecule has 0 unspecified atom stereocenters. The molecule has 0 fully saturated rings. The number of nitriles is 1. The molecule has 0 atom stereocenters. The number of ether oxygens (including phenoxy) is 1. The molecule has 0 spiro atoms. The smallest absolute Gasteiger partial charge is 0.338 e. The Balaban J connectivity index is 3.15. The van der Waals surface area contributed by atoms with Crippen molar-refractivity contribution in [2.75, 3.05) is 6.61 Å². The Bertz CT molecular complexity index is 417. The van der Waals surface area contributed by atoms with Gasteiger partial charge in [0.05, 0.1) is 22.8 Å². The molecular weight excluding hydrogens is 234 g/mol. The van der Waals surface area contributed by atoms with Gasteiger partial charge in [-0.05, 0) is 19.1 Å². The summed E-state index contributed by atoms with van der Waals surface area (Å²) in [6.45, 7) is 2.00. The van der Waals surface area contributed by atoms with Gasteiger partial charge < -0.3 is 4.74 Å². The monoisotopic (exact) mass is 241 g/mol. The molecular formula is C10H8ClNO2S. The molecule has 0 amide bonds. The first kappa shape index (κ1) is 11.9. The van der Waals surface area contributed by atoms with Crippen LogP contribution in [-0.4, -0.2) is 12.6 Å². The minimum atomic E-state index is -0.473. The lowest BCUT2D eigenvalue weighted by Gasteiger charge is -2.05. The predicted molar refractivity (Wildman–Crippen MR) is 59.4 cm³/mol. The molecule has 0 aromatic heterocycles. The van der Waals surface area contributed by atoms with Crippen LogP contribution in [-0.2, 0) is 4.74 Å². The number of halogens is 1. The Labute approximate surface area is 98.0 Å². The zero-order valence-electron chi connectivity index (χ0n) is 7.95. The van der Waals surface area contributed by atoms with Crippen LogP contribution >= 0.6 is 24.2 Å². The number of thiol groups is 1. The highest BCUT2D eigenvalue weighted by Crippen LogP contribution is 2.24. The second-order valence-corrected chi connectivity index (χ2v) is 3.57. The lowest BCUT2D eigenvalue weighted by molar-refractivity contribution is 0.0526. The molecule has 0 N–H and O–H groups in total. The largest absolute Gasteiger partial charge is 0.462 e. The summed E-state index contributed by atoms with van der Waals surface area (Å²) >= 11 is 9.87. The maximum atomic E-state index is 11.4. The lowest BCUT2D eigenvalue weighted by Crippen LogP contribution is -2.05. The molecule has 5 heteroatoms. The van der Waals surface area contributed by atoms with Crippen molar-refractivity contribution in [1.82, 2.24) is 0 Å². The van der Waals surface area contributed by atoms with E-state index in [9.17, 15) is 4.79 Å². The zero-order chi connectivity index (χ0) is 11.4. The van der Waals surface area contributed by atoms with E-state index >= 15 is 0 Å². The molecule has 15 heavy (non-hydrogen) atoms. The van der Waals surface area contributed by atoms with Crippen LogP contribution in [0.15, 0.2) is 17.0 Å². The molecule has 0 heterocycles. The summed E-state index contributed by atoms with van der Waals surface area (Å²) in [6, 6.07) is 4.77. The molecule has 0 aliphatic carbocycles. The van der Waals surface area contributed by atoms with Crippen molar-refractivity contribution in [2.45, 2.75) is 11.8 Å². The molecule has 0 aliphatic rings. The second kappa shape index (κ2) is 5.06. The SMILES string of the molecule is CCOC(=O)c1cc(S)c(C#N)c(Cl)c1. The van der Waals surface area contributed by atoms with Crippen molar-refractivity contribution in [3.63, 3.8) is 0 Å². The first-order valence-corrected chi connectivity index (χ1v) is 5.02. The number of nitrogens with zero attached hydrogens (tertiary/aromatic N) is 1. The van der Waals surface area contributed by atoms with Crippen molar-refractivity contribution >= 4 is 30.2 Å². The third-order valence-corrected chi connectivity index (χ3v) is 2.34. The number of esters is 1. The van der Waals surface area contributed by atoms with Crippen LogP contribution in [0.1, 0.15) is 22.8 Å². The number of carbonyl (C=O) groups excluding carboxylic acids is 1. The first-order chi connectivity index (χ1) is 7.10. The number of hydrogen-bond acceptors (Lipinski definition) is 4. The molecule has 1 aromatic rings. The first-order valence-electron chi connectivity index (χ1n) is 4.19. The summed E-state index contributed by atoms with van der Waals surface area (Å²) < 4.78 is 4.80. The van der Waals surface area contributed by atoms with Gasteiger partial charge in [-0.3, -0.25) is 0 Å². The van der Waals surface area contributed by atoms with Gasteiger partial charge in [-0.25, -0.2) is 4.79 Å². The maximum Gasteiger partial charge on any atom is 0.338 e. The third kappa shape index (κ3) is 2.65. The third-order valence-electron chi connectivity index (χ3n) is 1.69. The zero-order valence-corrected chi connectivity index (χ0v) is 9.60. The number of rotatable bonds is 2. The van der Waals surface area contributed by atoms with Crippen LogP contribution in [0, 0.1) is 11.3 Å². The summed E-state index contributed by atoms with van der Waals surface area (Å²) in [5.41, 5.74) is 0.555. The Kier molecular flexibility index (Phi) is 4.01. The average Bonchev–Trinajstić information content (AvgIpc) is 2.17. The van der Waals surface area contributed by atoms with Crippen LogP contribution in [0.3, 0.4) is 0 Å². The predicted octanol–water partition coefficient (Wildman–Crippen LogP) is 2.68. The number of hydrogen-bond donors (Lipinski definition) is 1. The van der Waals surface area contributed by atoms with E-state index in [0.29, 0.717) is 17.1 Å². The van der Waals surface area contributed by atoms with E-state index in [1.807, 2.05) is 6.07 Å². The van der Waals surface area contributed by atoms with Gasteiger partial charge in [0.15, 0.2) is 0 Å². The topological polar surface area (TPSA) is 50.1 Å². The summed E-state index contributed by atoms with van der Waals surface area (Å²) in [6.07, 6.45) is 0. The van der Waals surface area contributed by atoms with Gasteiger partial charge in [0.1, 0.15) is 6.07 Å². The Morgan fingerprint density at radius 1 is 1.67 bits per heavy atom. The van der Waals surface area contributed by atoms with E-state index < -0.39 is 5.97 Å². The van der Waals surface area contributed by atoms with Crippen molar-refractivity contribution in [1.29, 1.82) is 5.26 Å². The standard InChI is InChI=1S/C10H8ClNO2S/c1-2-14-10(13)6-3-8(11)7(5-12)9(15)4-6/h3-4,15H,2H2,1H3. The summed E-state index contributed by atoms with van der Waals surface area (Å²) in [5.74, 6) is -0.473. The van der Waals surface area contributed by atoms with Gasteiger partial charge >= 0.3 is 5.97 Å². The Morgan fingerprint density at radius 3 is 2.80 bits per heavy atom. The van der Waals surface area contributed by atoms with Gasteiger partial charge in [-0.15, -0.1) is 12.6 Å². The van der Waals surface area contributed by atoms with Crippen LogP contribution in [0.25, 0.3) is 0 Å². The van der Waals surface area contributed by atoms with E-state index in [1.54, 1.807) is 6.92 Å². The number of benzene rings is 1. The summed E-state index contributed by atoms with van der Waals surface area (Å²) in [7, 11) is 0. The van der Waals surface area contributed by atoms with Gasteiger partial charge in [0, 0.05) is 4.90 Å². The van der Waals surface area contributed by atoms with Gasteiger partial charge in [0.25, 0.3) is 0 Å². The molecule has 0 saturated heterocycles. The van der Waals surface area contributed by atoms with Crippen molar-refractivity contribution < 1.29 is 9.53 Å². The molecule has 0 saturated carbocycles. The maximum absolute atomic E-state index is 11.4. The van der Waals surface area contributed by atoms with E-state index in [1.165, 1.54) is 12.1 Å². The van der Waals surface area contributed by atoms with E-state index in [2.05, 4.69) is 12.6 Å². The molecule has 3 nitrogen and oxygen atoms in total. The summed E-state index contributed by atoms with van der Waals surface area (Å²) in [5, 5.41) is 8.93. The quantitative estimate of drug-likeness (QED) is 0.640. The molecule has 1 aromatic carbocycles. The highest BCUT2D eigenvalue weighted by Gasteiger charge is 2.12. The highest BCUT2D eigenvalue weighted by atomic mass is 35.5. The second-order valence-electron chi connectivity index (χ2n) is 2.68. The van der Waals surface area contributed by atoms with Gasteiger partial charge in [-0.2, -0.15) is 5.26 Å². The van der Waals surface area contributed by atoms with Crippen LogP contribution in [0.4, 0.5) is 0 Å². The lowest BCUT2D eigenvalue weighted by atomic mass is 10.1. The fourth-order valence-electron chi connectivity index (χ4n) is 1.04. The van der Waals surface area contributed by atoms with Gasteiger partial charge in [-0.1, -0.05) is 11.6 Å². The fraction of sp³-hybridized carbons (Fsp3) is 0.200. The number of carbonyl (C=O) groups is 1. The van der Waals surface area contributed by atoms with E-state index in [4.69, 9.17) is 21.6 Å². The van der Waals surface area contributed by atoms with Crippen LogP contribution < -0.4 is 0 Å². The average molecular weight is 242 g/mol. The van der Waals surface area contributed by atoms with Crippen molar-refractivity contribution in [2.24, 2.45) is 0 Å². The van der Waals surface area contributed by atoms with Crippen LogP contribution in [0.2, 0.25) is 5.02 Å². The van der Waals surface area contributed by atoms with E-state index in [0.717, 1.165) is 0 Å². The molecule has 0 aliphatic heterocycles. The summed E-state index contributed by atoms with van der Waals surface area (Å²) in [4.78, 5) is 11.7. The van der Waals surface area contributed by atoms with Crippen LogP contribution in [0.5, 0.6) is 0 Å². The molecule has 0 bridgehead atoms. The normalized spacial score (nSPS) is 9.47. The Morgan fingerprint density at radius 2 is 2.33 bits per heavy atom. The Hall–Kier alpha value is -1.18. The molecule has 0 radical (unpaired) electrons. The van der Waals surface area contributed by atoms with Crippen molar-refractivity contribution in [3.8, 4) is 6.07 Å². The fourth-order valence-corrected chi connectivity index (χ4v) is 1.67. The minimum Gasteiger partial charge on any atom is -0.462 e. The minimum absolute atomic E-state index is 0.202. The molecule has 1 rings (SSSR count).